The highest BCUT2D eigenvalue weighted by Crippen LogP contribution is 2.27. The van der Waals surface area contributed by atoms with Crippen molar-refractivity contribution in [2.24, 2.45) is 0 Å². The zero-order valence-corrected chi connectivity index (χ0v) is 10.7. The van der Waals surface area contributed by atoms with Crippen molar-refractivity contribution in [3.63, 3.8) is 0 Å². The Morgan fingerprint density at radius 3 is 2.83 bits per heavy atom. The number of benzene rings is 1. The second kappa shape index (κ2) is 6.03. The van der Waals surface area contributed by atoms with Crippen LogP contribution in [0.25, 0.3) is 0 Å². The summed E-state index contributed by atoms with van der Waals surface area (Å²) in [5.41, 5.74) is 0. The highest BCUT2D eigenvalue weighted by Gasteiger charge is 2.06. The van der Waals surface area contributed by atoms with Gasteiger partial charge in [-0.2, -0.15) is 5.26 Å². The fourth-order valence-corrected chi connectivity index (χ4v) is 2.22. The quantitative estimate of drug-likeness (QED) is 0.829. The van der Waals surface area contributed by atoms with E-state index in [4.69, 9.17) is 14.7 Å². The average Bonchev–Trinajstić information content (AvgIpc) is 2.85. The third-order valence-electron chi connectivity index (χ3n) is 2.27. The van der Waals surface area contributed by atoms with Gasteiger partial charge in [-0.25, -0.2) is 4.98 Å². The Morgan fingerprint density at radius 2 is 2.11 bits per heavy atom. The van der Waals surface area contributed by atoms with Crippen molar-refractivity contribution in [2.45, 2.75) is 13.0 Å². The molecule has 0 N–H and O–H groups in total. The molecular weight excluding hydrogens is 248 g/mol. The number of hydrogen-bond acceptors (Lipinski definition) is 5. The highest BCUT2D eigenvalue weighted by atomic mass is 32.1. The van der Waals surface area contributed by atoms with E-state index in [2.05, 4.69) is 11.1 Å². The van der Waals surface area contributed by atoms with Crippen LogP contribution in [-0.2, 0) is 13.0 Å². The number of thiazole rings is 1. The molecule has 4 nitrogen and oxygen atoms in total. The Morgan fingerprint density at radius 1 is 1.33 bits per heavy atom. The molecule has 0 fully saturated rings. The van der Waals surface area contributed by atoms with Gasteiger partial charge in [-0.3, -0.25) is 0 Å². The Hall–Kier alpha value is -2.06. The zero-order valence-electron chi connectivity index (χ0n) is 9.92. The number of nitriles is 1. The minimum atomic E-state index is 0.385. The summed E-state index contributed by atoms with van der Waals surface area (Å²) < 4.78 is 10.8. The van der Waals surface area contributed by atoms with Crippen LogP contribution in [0.15, 0.2) is 30.5 Å². The van der Waals surface area contributed by atoms with Gasteiger partial charge in [-0.05, 0) is 12.1 Å². The van der Waals surface area contributed by atoms with E-state index in [0.717, 1.165) is 9.88 Å². The molecule has 0 amide bonds. The Balaban J connectivity index is 2.00. The van der Waals surface area contributed by atoms with Crippen LogP contribution in [-0.4, -0.2) is 12.1 Å². The lowest BCUT2D eigenvalue weighted by molar-refractivity contribution is 0.284. The van der Waals surface area contributed by atoms with E-state index in [-0.39, 0.29) is 0 Å². The minimum absolute atomic E-state index is 0.385. The third-order valence-corrected chi connectivity index (χ3v) is 3.25. The van der Waals surface area contributed by atoms with Crippen molar-refractivity contribution < 1.29 is 9.47 Å². The molecule has 0 aliphatic carbocycles. The molecule has 2 aromatic rings. The lowest BCUT2D eigenvalue weighted by atomic mass is 10.3. The number of hydrogen-bond donors (Lipinski definition) is 0. The number of methoxy groups -OCH3 is 1. The van der Waals surface area contributed by atoms with E-state index >= 15 is 0 Å². The molecule has 0 saturated carbocycles. The van der Waals surface area contributed by atoms with Gasteiger partial charge >= 0.3 is 0 Å². The molecule has 1 heterocycles. The summed E-state index contributed by atoms with van der Waals surface area (Å²) in [5.74, 6) is 1.39. The van der Waals surface area contributed by atoms with Crippen molar-refractivity contribution in [3.8, 4) is 17.6 Å². The monoisotopic (exact) mass is 260 g/mol. The first-order valence-electron chi connectivity index (χ1n) is 5.40. The molecule has 0 radical (unpaired) electrons. The SMILES string of the molecule is COc1ccccc1OCc1ncc(CC#N)s1. The molecule has 5 heteroatoms. The first-order chi connectivity index (χ1) is 8.83. The maximum Gasteiger partial charge on any atom is 0.161 e. The molecule has 0 aliphatic rings. The normalized spacial score (nSPS) is 9.78. The molecule has 0 atom stereocenters. The molecule has 0 unspecified atom stereocenters. The maximum absolute atomic E-state index is 8.59. The van der Waals surface area contributed by atoms with Crippen LogP contribution in [0.2, 0.25) is 0 Å². The van der Waals surface area contributed by atoms with Gasteiger partial charge in [-0.1, -0.05) is 12.1 Å². The van der Waals surface area contributed by atoms with Crippen LogP contribution in [0, 0.1) is 11.3 Å². The van der Waals surface area contributed by atoms with E-state index in [1.54, 1.807) is 13.3 Å². The molecular formula is C13H12N2O2S. The predicted molar refractivity (Wildman–Crippen MR) is 68.8 cm³/mol. The lowest BCUT2D eigenvalue weighted by Crippen LogP contribution is -1.96. The average molecular weight is 260 g/mol. The number of aromatic nitrogens is 1. The van der Waals surface area contributed by atoms with Crippen LogP contribution in [0.1, 0.15) is 9.88 Å². The van der Waals surface area contributed by atoms with Crippen molar-refractivity contribution in [2.75, 3.05) is 7.11 Å². The summed E-state index contributed by atoms with van der Waals surface area (Å²) in [6.07, 6.45) is 2.11. The van der Waals surface area contributed by atoms with Crippen LogP contribution < -0.4 is 9.47 Å². The summed E-state index contributed by atoms with van der Waals surface area (Å²) in [5, 5.41) is 9.44. The number of ether oxygens (including phenoxy) is 2. The van der Waals surface area contributed by atoms with E-state index < -0.39 is 0 Å². The fraction of sp³-hybridized carbons (Fsp3) is 0.231. The van der Waals surface area contributed by atoms with E-state index in [1.807, 2.05) is 24.3 Å². The number of rotatable bonds is 5. The van der Waals surface area contributed by atoms with Gasteiger partial charge in [0, 0.05) is 11.1 Å². The van der Waals surface area contributed by atoms with Crippen molar-refractivity contribution >= 4 is 11.3 Å². The first kappa shape index (κ1) is 12.4. The minimum Gasteiger partial charge on any atom is -0.493 e. The number of nitrogens with zero attached hydrogens (tertiary/aromatic N) is 2. The molecule has 2 rings (SSSR count). The molecule has 0 saturated heterocycles. The fourth-order valence-electron chi connectivity index (χ4n) is 1.45. The Labute approximate surface area is 109 Å². The van der Waals surface area contributed by atoms with Gasteiger partial charge in [0.25, 0.3) is 0 Å². The summed E-state index contributed by atoms with van der Waals surface area (Å²) in [6.45, 7) is 0.385. The second-order valence-corrected chi connectivity index (χ2v) is 4.69. The van der Waals surface area contributed by atoms with Gasteiger partial charge in [0.1, 0.15) is 11.6 Å². The Kier molecular flexibility index (Phi) is 4.15. The van der Waals surface area contributed by atoms with Crippen LogP contribution >= 0.6 is 11.3 Å². The lowest BCUT2D eigenvalue weighted by Gasteiger charge is -2.08. The Bertz CT molecular complexity index is 560. The van der Waals surface area contributed by atoms with Crippen LogP contribution in [0.4, 0.5) is 0 Å². The first-order valence-corrected chi connectivity index (χ1v) is 6.21. The van der Waals surface area contributed by atoms with E-state index in [0.29, 0.717) is 24.5 Å². The van der Waals surface area contributed by atoms with Crippen LogP contribution in [0.3, 0.4) is 0 Å². The van der Waals surface area contributed by atoms with E-state index in [9.17, 15) is 0 Å². The molecule has 18 heavy (non-hydrogen) atoms. The van der Waals surface area contributed by atoms with Crippen molar-refractivity contribution in [1.82, 2.24) is 4.98 Å². The summed E-state index contributed by atoms with van der Waals surface area (Å²) in [4.78, 5) is 5.16. The zero-order chi connectivity index (χ0) is 12.8. The van der Waals surface area contributed by atoms with Crippen molar-refractivity contribution in [3.05, 3.63) is 40.3 Å². The van der Waals surface area contributed by atoms with Crippen molar-refractivity contribution in [1.29, 1.82) is 5.26 Å². The highest BCUT2D eigenvalue weighted by molar-refractivity contribution is 7.11. The smallest absolute Gasteiger partial charge is 0.161 e. The molecule has 1 aromatic heterocycles. The van der Waals surface area contributed by atoms with Gasteiger partial charge in [0.05, 0.1) is 19.6 Å². The summed E-state index contributed by atoms with van der Waals surface area (Å²) >= 11 is 1.49. The molecule has 0 spiro atoms. The maximum atomic E-state index is 8.59. The standard InChI is InChI=1S/C13H12N2O2S/c1-16-11-4-2-3-5-12(11)17-9-13-15-8-10(18-13)6-7-14/h2-5,8H,6,9H2,1H3. The van der Waals surface area contributed by atoms with Crippen LogP contribution in [0.5, 0.6) is 11.5 Å². The topological polar surface area (TPSA) is 55.1 Å². The van der Waals surface area contributed by atoms with Gasteiger partial charge in [0.15, 0.2) is 11.5 Å². The second-order valence-electron chi connectivity index (χ2n) is 3.49. The molecule has 92 valence electrons. The summed E-state index contributed by atoms with van der Waals surface area (Å²) in [7, 11) is 1.61. The van der Waals surface area contributed by atoms with E-state index in [1.165, 1.54) is 11.3 Å². The summed E-state index contributed by atoms with van der Waals surface area (Å²) in [6, 6.07) is 9.57. The predicted octanol–water partition coefficient (Wildman–Crippen LogP) is 2.80. The molecule has 0 bridgehead atoms. The van der Waals surface area contributed by atoms with Gasteiger partial charge in [-0.15, -0.1) is 11.3 Å². The largest absolute Gasteiger partial charge is 0.493 e. The third kappa shape index (κ3) is 2.99. The van der Waals surface area contributed by atoms with Gasteiger partial charge in [0.2, 0.25) is 0 Å². The molecule has 1 aromatic carbocycles. The number of para-hydroxylation sites is 2. The molecule has 0 aliphatic heterocycles. The van der Waals surface area contributed by atoms with Gasteiger partial charge < -0.3 is 9.47 Å².